The molecule has 161 valence electrons. The molecule has 3 fully saturated rings. The van der Waals surface area contributed by atoms with E-state index in [-0.39, 0.29) is 17.1 Å². The van der Waals surface area contributed by atoms with Crippen molar-refractivity contribution in [2.75, 3.05) is 39.3 Å². The number of piperidine rings is 3. The SMILES string of the molecule is S=C([S-])N1CCCCC1.S=C([S-])N1CCCCC1.S=C([S-])N1CCCCC1.[Fe+3]. The third-order valence-corrected chi connectivity index (χ3v) is 6.39. The summed E-state index contributed by atoms with van der Waals surface area (Å²) < 4.78 is 1.94. The van der Waals surface area contributed by atoms with Crippen LogP contribution >= 0.6 is 36.7 Å². The maximum absolute atomic E-state index is 4.86. The smallest absolute Gasteiger partial charge is 0.411 e. The van der Waals surface area contributed by atoms with Gasteiger partial charge in [-0.3, -0.25) is 0 Å². The van der Waals surface area contributed by atoms with Gasteiger partial charge in [0.05, 0.1) is 0 Å². The van der Waals surface area contributed by atoms with E-state index in [1.165, 1.54) is 57.8 Å². The molecule has 3 aliphatic heterocycles. The maximum atomic E-state index is 4.86. The number of rotatable bonds is 0. The number of thiocarbonyl (C=S) groups is 3. The molecule has 0 N–H and O–H groups in total. The molecule has 0 saturated carbocycles. The first-order chi connectivity index (χ1) is 12.9. The first-order valence-electron chi connectivity index (χ1n) is 9.79. The zero-order chi connectivity index (χ0) is 20.1. The Morgan fingerprint density at radius 1 is 0.429 bits per heavy atom. The minimum Gasteiger partial charge on any atom is -0.411 e. The summed E-state index contributed by atoms with van der Waals surface area (Å²) in [6.07, 6.45) is 11.6. The van der Waals surface area contributed by atoms with Crippen LogP contribution < -0.4 is 0 Å². The first-order valence-corrected chi connectivity index (χ1v) is 12.2. The topological polar surface area (TPSA) is 9.72 Å². The van der Waals surface area contributed by atoms with Crippen molar-refractivity contribution in [2.45, 2.75) is 57.8 Å². The van der Waals surface area contributed by atoms with E-state index in [0.717, 1.165) is 39.3 Å². The molecule has 28 heavy (non-hydrogen) atoms. The van der Waals surface area contributed by atoms with Gasteiger partial charge in [0.2, 0.25) is 0 Å². The van der Waals surface area contributed by atoms with E-state index in [1.807, 2.05) is 0 Å². The molecule has 10 heteroatoms. The predicted molar refractivity (Wildman–Crippen MR) is 136 cm³/mol. The van der Waals surface area contributed by atoms with Crippen molar-refractivity contribution in [2.24, 2.45) is 0 Å². The van der Waals surface area contributed by atoms with Crippen LogP contribution in [0.4, 0.5) is 0 Å². The Morgan fingerprint density at radius 3 is 0.714 bits per heavy atom. The van der Waals surface area contributed by atoms with Crippen LogP contribution in [0.2, 0.25) is 0 Å². The van der Waals surface area contributed by atoms with Crippen molar-refractivity contribution in [1.82, 2.24) is 14.7 Å². The van der Waals surface area contributed by atoms with E-state index in [9.17, 15) is 0 Å². The summed E-state index contributed by atoms with van der Waals surface area (Å²) in [4.78, 5) is 6.32. The van der Waals surface area contributed by atoms with E-state index in [2.05, 4.69) is 14.7 Å². The summed E-state index contributed by atoms with van der Waals surface area (Å²) in [5.41, 5.74) is 0. The number of hydrogen-bond acceptors (Lipinski definition) is 6. The fraction of sp³-hybridized carbons (Fsp3) is 0.833. The van der Waals surface area contributed by atoms with Gasteiger partial charge in [-0.1, -0.05) is 13.0 Å². The number of likely N-dealkylation sites (tertiary alicyclic amines) is 3. The summed E-state index contributed by atoms with van der Waals surface area (Å²) in [7, 11) is 0. The Morgan fingerprint density at radius 2 is 0.607 bits per heavy atom. The summed E-state index contributed by atoms with van der Waals surface area (Å²) >= 11 is 29.1. The van der Waals surface area contributed by atoms with Gasteiger partial charge in [-0.05, 0) is 57.8 Å². The Balaban J connectivity index is 0.000000384. The molecule has 0 aromatic heterocycles. The van der Waals surface area contributed by atoms with Gasteiger partial charge >= 0.3 is 17.1 Å². The van der Waals surface area contributed by atoms with Crippen LogP contribution in [0, 0.1) is 0 Å². The van der Waals surface area contributed by atoms with Gasteiger partial charge in [0.25, 0.3) is 0 Å². The molecule has 0 amide bonds. The Labute approximate surface area is 214 Å². The molecule has 3 rings (SSSR count). The normalized spacial score (nSPS) is 19.1. The molecular weight excluding hydrogens is 506 g/mol. The van der Waals surface area contributed by atoms with Gasteiger partial charge in [-0.2, -0.15) is 0 Å². The molecule has 3 heterocycles. The number of hydrogen-bond donors (Lipinski definition) is 0. The zero-order valence-electron chi connectivity index (χ0n) is 16.3. The molecule has 3 aliphatic rings. The van der Waals surface area contributed by atoms with Crippen molar-refractivity contribution in [3.05, 3.63) is 0 Å². The zero-order valence-corrected chi connectivity index (χ0v) is 22.3. The molecule has 3 nitrogen and oxygen atoms in total. The summed E-state index contributed by atoms with van der Waals surface area (Å²) in [5.74, 6) is 0. The molecule has 0 bridgehead atoms. The van der Waals surface area contributed by atoms with Gasteiger partial charge in [-0.15, -0.1) is 0 Å². The van der Waals surface area contributed by atoms with E-state index in [0.29, 0.717) is 13.0 Å². The predicted octanol–water partition coefficient (Wildman–Crippen LogP) is 3.91. The van der Waals surface area contributed by atoms with Crippen LogP contribution in [0.3, 0.4) is 0 Å². The van der Waals surface area contributed by atoms with E-state index < -0.39 is 0 Å². The van der Waals surface area contributed by atoms with Crippen molar-refractivity contribution in [3.63, 3.8) is 0 Å². The van der Waals surface area contributed by atoms with Gasteiger partial charge in [0.1, 0.15) is 0 Å². The van der Waals surface area contributed by atoms with Gasteiger partial charge in [0.15, 0.2) is 0 Å². The van der Waals surface area contributed by atoms with Gasteiger partial charge < -0.3 is 89.2 Å². The fourth-order valence-electron chi connectivity index (χ4n) is 3.23. The third-order valence-electron chi connectivity index (χ3n) is 4.84. The molecule has 0 atom stereocenters. The third kappa shape index (κ3) is 13.2. The second-order valence-corrected chi connectivity index (χ2v) is 10.0. The Hall–Kier alpha value is 0.849. The Kier molecular flexibility index (Phi) is 18.1. The first kappa shape index (κ1) is 28.8. The van der Waals surface area contributed by atoms with E-state index in [4.69, 9.17) is 74.5 Å². The molecule has 0 aliphatic carbocycles. The average molecular weight is 537 g/mol. The van der Waals surface area contributed by atoms with Crippen LogP contribution in [0.25, 0.3) is 0 Å². The van der Waals surface area contributed by atoms with Gasteiger partial charge in [0, 0.05) is 39.3 Å². The fourth-order valence-corrected chi connectivity index (χ4v) is 4.32. The molecule has 1 radical (unpaired) electrons. The quantitative estimate of drug-likeness (QED) is 0.257. The minimum absolute atomic E-state index is 0. The van der Waals surface area contributed by atoms with Crippen molar-refractivity contribution in [3.8, 4) is 0 Å². The summed E-state index contributed by atoms with van der Waals surface area (Å²) in [5, 5.41) is 0. The molecule has 3 saturated heterocycles. The molecule has 0 unspecified atom stereocenters. The Bertz CT molecular complexity index is 396. The standard InChI is InChI=1S/3C6H11NS2.Fe/c3*8-6(9)7-4-2-1-3-5-7;/h3*1-5H2,(H,8,9);/q;;;+3/p-3. The second kappa shape index (κ2) is 17.5. The summed E-state index contributed by atoms with van der Waals surface area (Å²) in [6.45, 7) is 6.51. The average Bonchev–Trinajstić information content (AvgIpc) is 2.71. The molecular formula is C18H30FeN3S6. The maximum Gasteiger partial charge on any atom is 3.00 e. The van der Waals surface area contributed by atoms with Crippen molar-refractivity contribution >= 4 is 87.5 Å². The van der Waals surface area contributed by atoms with Crippen molar-refractivity contribution in [1.29, 1.82) is 0 Å². The van der Waals surface area contributed by atoms with Crippen LogP contribution in [-0.4, -0.2) is 66.9 Å². The second-order valence-electron chi connectivity index (χ2n) is 6.94. The van der Waals surface area contributed by atoms with Crippen LogP contribution in [0.1, 0.15) is 57.8 Å². The van der Waals surface area contributed by atoms with E-state index in [1.54, 1.807) is 0 Å². The van der Waals surface area contributed by atoms with E-state index >= 15 is 0 Å². The largest absolute Gasteiger partial charge is 3.00 e. The molecule has 0 spiro atoms. The molecule has 0 aromatic carbocycles. The molecule has 0 aromatic rings. The minimum atomic E-state index is 0. The van der Waals surface area contributed by atoms with Crippen LogP contribution in [0.5, 0.6) is 0 Å². The summed E-state index contributed by atoms with van der Waals surface area (Å²) in [6, 6.07) is 0. The van der Waals surface area contributed by atoms with Crippen LogP contribution in [-0.2, 0) is 55.0 Å². The van der Waals surface area contributed by atoms with Crippen molar-refractivity contribution < 1.29 is 17.1 Å². The number of nitrogens with zero attached hydrogens (tertiary/aromatic N) is 3. The van der Waals surface area contributed by atoms with Gasteiger partial charge in [-0.25, -0.2) is 0 Å². The monoisotopic (exact) mass is 536 g/mol. The van der Waals surface area contributed by atoms with Crippen LogP contribution in [0.15, 0.2) is 0 Å².